The molecule has 0 aliphatic rings. The van der Waals surface area contributed by atoms with Gasteiger partial charge in [0, 0.05) is 5.02 Å². The second-order valence-electron chi connectivity index (χ2n) is 6.18. The number of ether oxygens (including phenoxy) is 2. The number of methoxy groups -OCH3 is 2. The summed E-state index contributed by atoms with van der Waals surface area (Å²) in [6, 6.07) is 16.5. The number of rotatable bonds is 6. The van der Waals surface area contributed by atoms with Gasteiger partial charge in [-0.1, -0.05) is 48.0 Å². The van der Waals surface area contributed by atoms with Gasteiger partial charge in [-0.2, -0.15) is 0 Å². The highest BCUT2D eigenvalue weighted by atomic mass is 35.5. The van der Waals surface area contributed by atoms with Gasteiger partial charge in [0.1, 0.15) is 16.2 Å². The lowest BCUT2D eigenvalue weighted by atomic mass is 10.1. The Morgan fingerprint density at radius 3 is 2.33 bits per heavy atom. The van der Waals surface area contributed by atoms with Crippen LogP contribution >= 0.6 is 11.6 Å². The summed E-state index contributed by atoms with van der Waals surface area (Å²) in [5, 5.41) is 10.3. The number of carbonyl (C=O) groups excluding carboxylic acids is 1. The van der Waals surface area contributed by atoms with Gasteiger partial charge in [-0.25, -0.2) is 13.2 Å². The lowest BCUT2D eigenvalue weighted by Gasteiger charge is -2.15. The van der Waals surface area contributed by atoms with E-state index in [9.17, 15) is 18.3 Å². The summed E-state index contributed by atoms with van der Waals surface area (Å²) in [5.74, 6) is -1.42. The number of phenolic OH excluding ortho intramolecular Hbond substituents is 1. The number of nitrogens with one attached hydrogen (secondary N) is 1. The fraction of sp³-hybridized carbons (Fsp3) is 0.0952. The van der Waals surface area contributed by atoms with Crippen LogP contribution in [0.1, 0.15) is 10.4 Å². The fourth-order valence-electron chi connectivity index (χ4n) is 2.84. The quantitative estimate of drug-likeness (QED) is 0.546. The van der Waals surface area contributed by atoms with Crippen molar-refractivity contribution in [2.75, 3.05) is 18.9 Å². The van der Waals surface area contributed by atoms with Gasteiger partial charge in [-0.15, -0.1) is 0 Å². The maximum Gasteiger partial charge on any atom is 0.341 e. The number of carbonyl (C=O) groups is 1. The Balaban J connectivity index is 2.08. The zero-order valence-corrected chi connectivity index (χ0v) is 17.6. The Morgan fingerprint density at radius 1 is 1.00 bits per heavy atom. The predicted molar refractivity (Wildman–Crippen MR) is 114 cm³/mol. The van der Waals surface area contributed by atoms with Gasteiger partial charge in [0.15, 0.2) is 5.75 Å². The van der Waals surface area contributed by atoms with Crippen molar-refractivity contribution in [3.8, 4) is 22.6 Å². The van der Waals surface area contributed by atoms with Gasteiger partial charge in [0.05, 0.1) is 19.9 Å². The van der Waals surface area contributed by atoms with Crippen LogP contribution in [0.15, 0.2) is 65.6 Å². The first-order chi connectivity index (χ1) is 14.3. The van der Waals surface area contributed by atoms with Crippen LogP contribution in [0.4, 0.5) is 5.69 Å². The van der Waals surface area contributed by atoms with Gasteiger partial charge in [0.2, 0.25) is 0 Å². The summed E-state index contributed by atoms with van der Waals surface area (Å²) in [6.07, 6.45) is 0. The molecule has 0 aromatic heterocycles. The van der Waals surface area contributed by atoms with E-state index in [2.05, 4.69) is 9.46 Å². The Hall–Kier alpha value is -3.23. The molecule has 30 heavy (non-hydrogen) atoms. The highest BCUT2D eigenvalue weighted by Crippen LogP contribution is 2.36. The van der Waals surface area contributed by atoms with E-state index < -0.39 is 26.6 Å². The first kappa shape index (κ1) is 21.5. The smallest absolute Gasteiger partial charge is 0.341 e. The van der Waals surface area contributed by atoms with Crippen molar-refractivity contribution < 1.29 is 27.8 Å². The minimum atomic E-state index is -4.33. The molecule has 3 aromatic rings. The van der Waals surface area contributed by atoms with E-state index in [1.165, 1.54) is 7.11 Å². The molecule has 9 heteroatoms. The molecule has 0 heterocycles. The first-order valence-electron chi connectivity index (χ1n) is 8.64. The van der Waals surface area contributed by atoms with E-state index >= 15 is 0 Å². The largest absolute Gasteiger partial charge is 0.506 e. The minimum Gasteiger partial charge on any atom is -0.506 e. The van der Waals surface area contributed by atoms with E-state index in [1.807, 2.05) is 30.3 Å². The zero-order valence-electron chi connectivity index (χ0n) is 16.0. The molecule has 7 nitrogen and oxygen atoms in total. The minimum absolute atomic E-state index is 0.0569. The van der Waals surface area contributed by atoms with E-state index in [-0.39, 0.29) is 22.0 Å². The van der Waals surface area contributed by atoms with Crippen LogP contribution in [0.3, 0.4) is 0 Å². The van der Waals surface area contributed by atoms with Gasteiger partial charge in [0.25, 0.3) is 10.0 Å². The fourth-order valence-corrected chi connectivity index (χ4v) is 4.33. The molecule has 3 aromatic carbocycles. The van der Waals surface area contributed by atoms with E-state index in [1.54, 1.807) is 18.2 Å². The third-order valence-electron chi connectivity index (χ3n) is 4.29. The Morgan fingerprint density at radius 2 is 1.70 bits per heavy atom. The summed E-state index contributed by atoms with van der Waals surface area (Å²) in [7, 11) is -1.82. The number of sulfonamides is 1. The van der Waals surface area contributed by atoms with Crippen molar-refractivity contribution in [3.05, 3.63) is 71.2 Å². The Bertz CT molecular complexity index is 1200. The van der Waals surface area contributed by atoms with Crippen molar-refractivity contribution in [2.24, 2.45) is 0 Å². The average Bonchev–Trinajstić information content (AvgIpc) is 2.74. The molecule has 0 amide bonds. The van der Waals surface area contributed by atoms with Gasteiger partial charge in [-0.05, 0) is 35.4 Å². The molecule has 0 bridgehead atoms. The van der Waals surface area contributed by atoms with Crippen LogP contribution in [-0.4, -0.2) is 33.7 Å². The van der Waals surface area contributed by atoms with Crippen LogP contribution in [0.5, 0.6) is 11.5 Å². The maximum absolute atomic E-state index is 13.0. The van der Waals surface area contributed by atoms with Crippen LogP contribution in [-0.2, 0) is 14.8 Å². The van der Waals surface area contributed by atoms with Crippen LogP contribution in [0.25, 0.3) is 11.1 Å². The Kier molecular flexibility index (Phi) is 6.19. The van der Waals surface area contributed by atoms with Crippen LogP contribution in [0.2, 0.25) is 5.02 Å². The molecule has 0 radical (unpaired) electrons. The highest BCUT2D eigenvalue weighted by Gasteiger charge is 2.26. The SMILES string of the molecule is COC(=O)c1cc(Cl)cc(S(=O)(=O)Nc2cc(-c3ccccc3)ccc2OC)c1O. The second-order valence-corrected chi connectivity index (χ2v) is 8.27. The standard InChI is InChI=1S/C21H18ClNO6S/c1-28-18-9-8-14(13-6-4-3-5-7-13)10-17(18)23-30(26,27)19-12-15(22)11-16(20(19)24)21(25)29-2/h3-12,23-24H,1-2H3. The number of phenols is 1. The lowest BCUT2D eigenvalue weighted by molar-refractivity contribution is 0.0597. The summed E-state index contributed by atoms with van der Waals surface area (Å²) in [4.78, 5) is 11.3. The van der Waals surface area contributed by atoms with Crippen molar-refractivity contribution in [3.63, 3.8) is 0 Å². The summed E-state index contributed by atoms with van der Waals surface area (Å²) in [5.41, 5.74) is 1.41. The molecule has 0 unspecified atom stereocenters. The molecule has 0 aliphatic heterocycles. The number of hydrogen-bond acceptors (Lipinski definition) is 6. The highest BCUT2D eigenvalue weighted by molar-refractivity contribution is 7.92. The van der Waals surface area contributed by atoms with E-state index in [0.717, 1.165) is 30.4 Å². The van der Waals surface area contributed by atoms with E-state index in [4.69, 9.17) is 16.3 Å². The van der Waals surface area contributed by atoms with Gasteiger partial charge in [-0.3, -0.25) is 4.72 Å². The molecular formula is C21H18ClNO6S. The molecule has 0 aliphatic carbocycles. The molecule has 0 saturated heterocycles. The van der Waals surface area contributed by atoms with Crippen molar-refractivity contribution in [2.45, 2.75) is 4.90 Å². The van der Waals surface area contributed by atoms with Gasteiger partial charge >= 0.3 is 5.97 Å². The van der Waals surface area contributed by atoms with Gasteiger partial charge < -0.3 is 14.6 Å². The summed E-state index contributed by atoms with van der Waals surface area (Å²) < 4.78 is 38.3. The molecular weight excluding hydrogens is 430 g/mol. The predicted octanol–water partition coefficient (Wildman–Crippen LogP) is 4.31. The zero-order chi connectivity index (χ0) is 21.9. The van der Waals surface area contributed by atoms with Crippen LogP contribution in [0, 0.1) is 0 Å². The molecule has 3 rings (SSSR count). The molecule has 0 atom stereocenters. The number of aromatic hydroxyl groups is 1. The summed E-state index contributed by atoms with van der Waals surface area (Å²) in [6.45, 7) is 0. The molecule has 0 spiro atoms. The van der Waals surface area contributed by atoms with Crippen molar-refractivity contribution in [1.82, 2.24) is 0 Å². The number of esters is 1. The number of halogens is 1. The average molecular weight is 448 g/mol. The van der Waals surface area contributed by atoms with Crippen molar-refractivity contribution in [1.29, 1.82) is 0 Å². The van der Waals surface area contributed by atoms with Crippen molar-refractivity contribution >= 4 is 33.3 Å². The van der Waals surface area contributed by atoms with Crippen LogP contribution < -0.4 is 9.46 Å². The third-order valence-corrected chi connectivity index (χ3v) is 5.88. The number of benzene rings is 3. The normalized spacial score (nSPS) is 11.0. The second kappa shape index (κ2) is 8.64. The summed E-state index contributed by atoms with van der Waals surface area (Å²) >= 11 is 5.96. The topological polar surface area (TPSA) is 102 Å². The monoisotopic (exact) mass is 447 g/mol. The number of anilines is 1. The Labute approximate surface area is 178 Å². The number of hydrogen-bond donors (Lipinski definition) is 2. The van der Waals surface area contributed by atoms with E-state index in [0.29, 0.717) is 0 Å². The first-order valence-corrected chi connectivity index (χ1v) is 10.5. The molecule has 0 saturated carbocycles. The maximum atomic E-state index is 13.0. The third kappa shape index (κ3) is 4.34. The lowest BCUT2D eigenvalue weighted by Crippen LogP contribution is -2.15. The molecule has 2 N–H and O–H groups in total. The molecule has 0 fully saturated rings. The molecule has 156 valence electrons.